The molecular formula is C25H23NO3. The average Bonchev–Trinajstić information content (AvgIpc) is 3.05. The number of aldehydes is 1. The second-order valence-corrected chi connectivity index (χ2v) is 8.98. The number of rotatable bonds is 2. The van der Waals surface area contributed by atoms with Crippen molar-refractivity contribution in [2.45, 2.75) is 49.5 Å². The second kappa shape index (κ2) is 5.88. The van der Waals surface area contributed by atoms with Crippen LogP contribution in [0, 0.1) is 11.8 Å². The van der Waals surface area contributed by atoms with Crippen LogP contribution in [0.4, 0.5) is 0 Å². The van der Waals surface area contributed by atoms with Gasteiger partial charge in [0, 0.05) is 12.0 Å². The van der Waals surface area contributed by atoms with Crippen LogP contribution in [0.2, 0.25) is 0 Å². The van der Waals surface area contributed by atoms with Crippen molar-refractivity contribution in [2.75, 3.05) is 0 Å². The molecule has 5 aliphatic rings. The Morgan fingerprint density at radius 3 is 2.00 bits per heavy atom. The Morgan fingerprint density at radius 1 is 0.828 bits per heavy atom. The zero-order valence-corrected chi connectivity index (χ0v) is 16.2. The van der Waals surface area contributed by atoms with Crippen molar-refractivity contribution in [1.29, 1.82) is 0 Å². The van der Waals surface area contributed by atoms with Crippen molar-refractivity contribution in [3.05, 3.63) is 70.8 Å². The maximum atomic E-state index is 13.8. The van der Waals surface area contributed by atoms with Gasteiger partial charge in [0.05, 0.1) is 17.3 Å². The minimum atomic E-state index is -1.07. The molecule has 4 nitrogen and oxygen atoms in total. The van der Waals surface area contributed by atoms with Gasteiger partial charge in [0.15, 0.2) is 0 Å². The van der Waals surface area contributed by atoms with Crippen LogP contribution < -0.4 is 0 Å². The Bertz CT molecular complexity index is 1000. The van der Waals surface area contributed by atoms with Crippen molar-refractivity contribution in [2.24, 2.45) is 11.8 Å². The quantitative estimate of drug-likeness (QED) is 0.587. The fourth-order valence-corrected chi connectivity index (χ4v) is 6.75. The summed E-state index contributed by atoms with van der Waals surface area (Å²) in [5.74, 6) is -1.44. The van der Waals surface area contributed by atoms with Crippen LogP contribution in [-0.4, -0.2) is 29.0 Å². The molecule has 2 aromatic rings. The second-order valence-electron chi connectivity index (χ2n) is 8.98. The number of carbonyl (C=O) groups excluding carboxylic acids is 3. The van der Waals surface area contributed by atoms with Crippen LogP contribution in [0.1, 0.15) is 60.3 Å². The van der Waals surface area contributed by atoms with Gasteiger partial charge in [-0.1, -0.05) is 67.8 Å². The molecule has 2 fully saturated rings. The number of amides is 2. The number of imide groups is 1. The molecule has 4 aliphatic carbocycles. The van der Waals surface area contributed by atoms with E-state index in [0.717, 1.165) is 60.6 Å². The molecule has 2 atom stereocenters. The first-order chi connectivity index (χ1) is 14.2. The fraction of sp³-hybridized carbons (Fsp3) is 0.400. The number of benzene rings is 2. The predicted octanol–water partition coefficient (Wildman–Crippen LogP) is 3.56. The summed E-state index contributed by atoms with van der Waals surface area (Å²) in [6.45, 7) is 0. The highest BCUT2D eigenvalue weighted by Crippen LogP contribution is 2.63. The Labute approximate surface area is 169 Å². The highest BCUT2D eigenvalue weighted by atomic mass is 16.2. The molecule has 1 saturated heterocycles. The number of carbonyl (C=O) groups is 3. The van der Waals surface area contributed by atoms with E-state index < -0.39 is 17.3 Å². The molecule has 4 heteroatoms. The van der Waals surface area contributed by atoms with E-state index in [1.807, 2.05) is 48.5 Å². The first kappa shape index (κ1) is 17.1. The zero-order valence-electron chi connectivity index (χ0n) is 16.2. The van der Waals surface area contributed by atoms with Crippen LogP contribution in [0.3, 0.4) is 0 Å². The number of nitrogens with zero attached hydrogens (tertiary/aromatic N) is 1. The highest BCUT2D eigenvalue weighted by molar-refractivity contribution is 6.11. The Kier molecular flexibility index (Phi) is 3.48. The molecule has 146 valence electrons. The van der Waals surface area contributed by atoms with E-state index in [-0.39, 0.29) is 23.8 Å². The predicted molar refractivity (Wildman–Crippen MR) is 107 cm³/mol. The lowest BCUT2D eigenvalue weighted by molar-refractivity contribution is -0.144. The lowest BCUT2D eigenvalue weighted by Crippen LogP contribution is -2.54. The monoisotopic (exact) mass is 385 g/mol. The molecule has 2 unspecified atom stereocenters. The van der Waals surface area contributed by atoms with E-state index in [2.05, 4.69) is 0 Å². The van der Waals surface area contributed by atoms with E-state index in [4.69, 9.17) is 0 Å². The number of hydrogen-bond donors (Lipinski definition) is 0. The molecular weight excluding hydrogens is 362 g/mol. The minimum absolute atomic E-state index is 0.0105. The largest absolute Gasteiger partial charge is 0.302 e. The maximum absolute atomic E-state index is 13.8. The SMILES string of the molecule is O=CC12c3ccccc3C(c3ccccc31)C1C(=O)N(C3CCCCC3)C(=O)C12. The van der Waals surface area contributed by atoms with Crippen LogP contribution in [0.15, 0.2) is 48.5 Å². The van der Waals surface area contributed by atoms with Gasteiger partial charge < -0.3 is 4.79 Å². The Hall–Kier alpha value is -2.75. The summed E-state index contributed by atoms with van der Waals surface area (Å²) in [5, 5.41) is 0. The molecule has 0 radical (unpaired) electrons. The van der Waals surface area contributed by atoms with Crippen LogP contribution in [-0.2, 0) is 19.8 Å². The van der Waals surface area contributed by atoms with Crippen LogP contribution in [0.5, 0.6) is 0 Å². The standard InChI is InChI=1S/C25H23NO3/c27-14-25-18-12-6-4-10-16(18)20(17-11-5-7-13-19(17)25)21-22(25)24(29)26(23(21)28)15-8-2-1-3-9-15/h4-7,10-15,20-22H,1-3,8-9H2. The zero-order chi connectivity index (χ0) is 19.8. The maximum Gasteiger partial charge on any atom is 0.235 e. The molecule has 0 spiro atoms. The van der Waals surface area contributed by atoms with E-state index >= 15 is 0 Å². The van der Waals surface area contributed by atoms with Gasteiger partial charge in [-0.2, -0.15) is 0 Å². The Morgan fingerprint density at radius 2 is 1.41 bits per heavy atom. The molecule has 29 heavy (non-hydrogen) atoms. The fourth-order valence-electron chi connectivity index (χ4n) is 6.75. The first-order valence-corrected chi connectivity index (χ1v) is 10.7. The van der Waals surface area contributed by atoms with Gasteiger partial charge >= 0.3 is 0 Å². The lowest BCUT2D eigenvalue weighted by Gasteiger charge is -2.51. The lowest BCUT2D eigenvalue weighted by atomic mass is 9.48. The van der Waals surface area contributed by atoms with Crippen molar-refractivity contribution in [3.8, 4) is 0 Å². The molecule has 1 aliphatic heterocycles. The van der Waals surface area contributed by atoms with E-state index in [1.165, 1.54) is 0 Å². The normalized spacial score (nSPS) is 32.7. The van der Waals surface area contributed by atoms with Crippen molar-refractivity contribution in [1.82, 2.24) is 4.90 Å². The van der Waals surface area contributed by atoms with Gasteiger partial charge in [-0.05, 0) is 35.1 Å². The first-order valence-electron chi connectivity index (χ1n) is 10.7. The Balaban J connectivity index is 1.61. The summed E-state index contributed by atoms with van der Waals surface area (Å²) in [6, 6.07) is 15.8. The average molecular weight is 385 g/mol. The molecule has 0 aromatic heterocycles. The molecule has 1 saturated carbocycles. The van der Waals surface area contributed by atoms with Gasteiger partial charge in [0.2, 0.25) is 11.8 Å². The summed E-state index contributed by atoms with van der Waals surface area (Å²) < 4.78 is 0. The molecule has 1 heterocycles. The van der Waals surface area contributed by atoms with Crippen LogP contribution in [0.25, 0.3) is 0 Å². The summed E-state index contributed by atoms with van der Waals surface area (Å²) >= 11 is 0. The molecule has 0 N–H and O–H groups in total. The summed E-state index contributed by atoms with van der Waals surface area (Å²) in [7, 11) is 0. The third kappa shape index (κ3) is 1.92. The summed E-state index contributed by atoms with van der Waals surface area (Å²) in [6.07, 6.45) is 6.00. The van der Waals surface area contributed by atoms with E-state index in [1.54, 1.807) is 4.90 Å². The van der Waals surface area contributed by atoms with Gasteiger partial charge in [-0.25, -0.2) is 0 Å². The number of hydrogen-bond acceptors (Lipinski definition) is 3. The van der Waals surface area contributed by atoms with Crippen molar-refractivity contribution < 1.29 is 14.4 Å². The van der Waals surface area contributed by atoms with Crippen molar-refractivity contribution >= 4 is 18.1 Å². The number of likely N-dealkylation sites (tertiary alicyclic amines) is 1. The van der Waals surface area contributed by atoms with E-state index in [0.29, 0.717) is 0 Å². The molecule has 2 bridgehead atoms. The van der Waals surface area contributed by atoms with Gasteiger partial charge in [-0.3, -0.25) is 14.5 Å². The van der Waals surface area contributed by atoms with Gasteiger partial charge in [0.1, 0.15) is 6.29 Å². The third-order valence-electron chi connectivity index (χ3n) is 7.84. The molecule has 2 aromatic carbocycles. The van der Waals surface area contributed by atoms with Gasteiger partial charge in [0.25, 0.3) is 0 Å². The van der Waals surface area contributed by atoms with Gasteiger partial charge in [-0.15, -0.1) is 0 Å². The molecule has 2 amide bonds. The smallest absolute Gasteiger partial charge is 0.235 e. The highest BCUT2D eigenvalue weighted by Gasteiger charge is 2.68. The van der Waals surface area contributed by atoms with E-state index in [9.17, 15) is 14.4 Å². The minimum Gasteiger partial charge on any atom is -0.302 e. The topological polar surface area (TPSA) is 54.5 Å². The third-order valence-corrected chi connectivity index (χ3v) is 7.84. The van der Waals surface area contributed by atoms with Crippen LogP contribution >= 0.6 is 0 Å². The van der Waals surface area contributed by atoms with Crippen molar-refractivity contribution in [3.63, 3.8) is 0 Å². The molecule has 7 rings (SSSR count). The summed E-state index contributed by atoms with van der Waals surface area (Å²) in [5.41, 5.74) is 2.82. The summed E-state index contributed by atoms with van der Waals surface area (Å²) in [4.78, 5) is 41.9.